The van der Waals surface area contributed by atoms with Crippen LogP contribution in [0.5, 0.6) is 0 Å². The van der Waals surface area contributed by atoms with E-state index < -0.39 is 0 Å². The number of benzene rings is 1. The molecule has 6 nitrogen and oxygen atoms in total. The molecule has 0 bridgehead atoms. The predicted octanol–water partition coefficient (Wildman–Crippen LogP) is 3.48. The van der Waals surface area contributed by atoms with Gasteiger partial charge in [-0.15, -0.1) is 11.3 Å². The molecule has 0 saturated carbocycles. The van der Waals surface area contributed by atoms with Gasteiger partial charge < -0.3 is 5.32 Å². The van der Waals surface area contributed by atoms with E-state index in [-0.39, 0.29) is 17.4 Å². The largest absolute Gasteiger partial charge is 0.350 e. The second-order valence-corrected chi connectivity index (χ2v) is 8.62. The van der Waals surface area contributed by atoms with E-state index in [9.17, 15) is 9.59 Å². The first-order valence-corrected chi connectivity index (χ1v) is 9.74. The van der Waals surface area contributed by atoms with E-state index in [0.29, 0.717) is 18.2 Å². The minimum Gasteiger partial charge on any atom is -0.350 e. The molecule has 0 aliphatic heterocycles. The van der Waals surface area contributed by atoms with E-state index in [0.717, 1.165) is 16.9 Å². The molecular formula is C20H28N4O2S. The van der Waals surface area contributed by atoms with Crippen molar-refractivity contribution in [2.45, 2.75) is 46.7 Å². The molecule has 0 spiro atoms. The van der Waals surface area contributed by atoms with Crippen molar-refractivity contribution in [3.05, 3.63) is 40.9 Å². The summed E-state index contributed by atoms with van der Waals surface area (Å²) in [6, 6.07) is 7.79. The summed E-state index contributed by atoms with van der Waals surface area (Å²) in [7, 11) is 1.88. The number of carbonyl (C=O) groups is 2. The quantitative estimate of drug-likeness (QED) is 0.823. The molecule has 0 aliphatic carbocycles. The highest BCUT2D eigenvalue weighted by atomic mass is 32.1. The normalized spacial score (nSPS) is 11.5. The summed E-state index contributed by atoms with van der Waals surface area (Å²) in [4.78, 5) is 32.4. The van der Waals surface area contributed by atoms with Gasteiger partial charge in [-0.25, -0.2) is 4.98 Å². The van der Waals surface area contributed by atoms with Crippen molar-refractivity contribution in [2.24, 2.45) is 0 Å². The zero-order valence-corrected chi connectivity index (χ0v) is 17.7. The Kier molecular flexibility index (Phi) is 6.73. The molecule has 146 valence electrons. The number of hydrogen-bond acceptors (Lipinski definition) is 5. The number of thiazole rings is 1. The number of aromatic nitrogens is 1. The molecule has 2 amide bonds. The van der Waals surface area contributed by atoms with E-state index in [1.54, 1.807) is 4.90 Å². The molecule has 7 heteroatoms. The molecule has 2 aromatic rings. The number of rotatable bonds is 6. The number of hydrogen-bond donors (Lipinski definition) is 1. The first-order valence-electron chi connectivity index (χ1n) is 8.86. The maximum Gasteiger partial charge on any atom is 0.234 e. The third-order valence-corrected chi connectivity index (χ3v) is 4.54. The summed E-state index contributed by atoms with van der Waals surface area (Å²) < 4.78 is 0. The number of likely N-dealkylation sites (N-methyl/N-ethyl adjacent to an activating group) is 1. The third kappa shape index (κ3) is 6.45. The first-order chi connectivity index (χ1) is 12.5. The van der Waals surface area contributed by atoms with E-state index in [1.807, 2.05) is 69.3 Å². The smallest absolute Gasteiger partial charge is 0.234 e. The first kappa shape index (κ1) is 21.1. The summed E-state index contributed by atoms with van der Waals surface area (Å²) in [5.74, 6) is -0.106. The molecule has 1 aromatic carbocycles. The van der Waals surface area contributed by atoms with Gasteiger partial charge in [-0.1, -0.05) is 12.1 Å². The van der Waals surface area contributed by atoms with Crippen LogP contribution in [-0.2, 0) is 16.1 Å². The van der Waals surface area contributed by atoms with Crippen molar-refractivity contribution in [1.82, 2.24) is 15.2 Å². The molecule has 0 unspecified atom stereocenters. The van der Waals surface area contributed by atoms with Crippen LogP contribution in [0.2, 0.25) is 0 Å². The highest BCUT2D eigenvalue weighted by molar-refractivity contribution is 7.14. The SMILES string of the molecule is CC(=O)N(c1cccc(C)c1)c1nc(CN(C)CC(=O)NC(C)(C)C)cs1. The van der Waals surface area contributed by atoms with E-state index in [2.05, 4.69) is 10.3 Å². The van der Waals surface area contributed by atoms with E-state index >= 15 is 0 Å². The van der Waals surface area contributed by atoms with Gasteiger partial charge in [0.1, 0.15) is 0 Å². The van der Waals surface area contributed by atoms with Gasteiger partial charge in [0.2, 0.25) is 11.8 Å². The highest BCUT2D eigenvalue weighted by Crippen LogP contribution is 2.29. The van der Waals surface area contributed by atoms with Gasteiger partial charge in [-0.3, -0.25) is 19.4 Å². The highest BCUT2D eigenvalue weighted by Gasteiger charge is 2.19. The second-order valence-electron chi connectivity index (χ2n) is 7.79. The van der Waals surface area contributed by atoms with Crippen molar-refractivity contribution < 1.29 is 9.59 Å². The van der Waals surface area contributed by atoms with Crippen molar-refractivity contribution >= 4 is 34.0 Å². The van der Waals surface area contributed by atoms with Crippen LogP contribution < -0.4 is 10.2 Å². The molecule has 0 saturated heterocycles. The Morgan fingerprint density at radius 1 is 1.26 bits per heavy atom. The molecule has 0 aliphatic rings. The Hall–Kier alpha value is -2.25. The molecule has 1 heterocycles. The number of amides is 2. The van der Waals surface area contributed by atoms with Gasteiger partial charge in [0.25, 0.3) is 0 Å². The summed E-state index contributed by atoms with van der Waals surface area (Å²) in [5.41, 5.74) is 2.48. The van der Waals surface area contributed by atoms with Crippen LogP contribution in [0.25, 0.3) is 0 Å². The summed E-state index contributed by atoms with van der Waals surface area (Å²) in [6.07, 6.45) is 0. The fourth-order valence-corrected chi connectivity index (χ4v) is 3.58. The number of nitrogens with one attached hydrogen (secondary N) is 1. The Bertz CT molecular complexity index is 810. The molecule has 0 fully saturated rings. The van der Waals surface area contributed by atoms with Crippen molar-refractivity contribution in [3.8, 4) is 0 Å². The summed E-state index contributed by atoms with van der Waals surface area (Å²) in [5, 5.41) is 5.51. The van der Waals surface area contributed by atoms with Crippen LogP contribution in [-0.4, -0.2) is 40.8 Å². The maximum absolute atomic E-state index is 12.2. The van der Waals surface area contributed by atoms with Crippen LogP contribution in [0, 0.1) is 6.92 Å². The van der Waals surface area contributed by atoms with Crippen LogP contribution >= 0.6 is 11.3 Å². The van der Waals surface area contributed by atoms with Gasteiger partial charge in [0.05, 0.1) is 17.9 Å². The Balaban J connectivity index is 2.08. The van der Waals surface area contributed by atoms with E-state index in [1.165, 1.54) is 18.3 Å². The van der Waals surface area contributed by atoms with Gasteiger partial charge in [-0.2, -0.15) is 0 Å². The average molecular weight is 389 g/mol. The molecule has 0 radical (unpaired) electrons. The number of carbonyl (C=O) groups excluding carboxylic acids is 2. The summed E-state index contributed by atoms with van der Waals surface area (Å²) in [6.45, 7) is 10.2. The Morgan fingerprint density at radius 2 is 1.96 bits per heavy atom. The molecule has 0 atom stereocenters. The molecule has 1 aromatic heterocycles. The molecule has 1 N–H and O–H groups in total. The monoisotopic (exact) mass is 388 g/mol. The topological polar surface area (TPSA) is 65.5 Å². The zero-order chi connectivity index (χ0) is 20.2. The zero-order valence-electron chi connectivity index (χ0n) is 16.9. The van der Waals surface area contributed by atoms with Crippen molar-refractivity contribution in [3.63, 3.8) is 0 Å². The van der Waals surface area contributed by atoms with Gasteiger partial charge in [0, 0.05) is 24.4 Å². The van der Waals surface area contributed by atoms with E-state index in [4.69, 9.17) is 0 Å². The Morgan fingerprint density at radius 3 is 2.56 bits per heavy atom. The molecule has 27 heavy (non-hydrogen) atoms. The predicted molar refractivity (Wildman–Crippen MR) is 110 cm³/mol. The minimum atomic E-state index is -0.248. The number of nitrogens with zero attached hydrogens (tertiary/aromatic N) is 3. The standard InChI is InChI=1S/C20H28N4O2S/c1-14-8-7-9-17(10-14)24(15(2)25)19-21-16(13-27-19)11-23(6)12-18(26)22-20(3,4)5/h7-10,13H,11-12H2,1-6H3,(H,22,26). The fourth-order valence-electron chi connectivity index (χ4n) is 2.70. The van der Waals surface area contributed by atoms with Crippen LogP contribution in [0.4, 0.5) is 10.8 Å². The van der Waals surface area contributed by atoms with Crippen LogP contribution in [0.15, 0.2) is 29.6 Å². The Labute approximate surface area is 165 Å². The van der Waals surface area contributed by atoms with Gasteiger partial charge in [-0.05, 0) is 52.4 Å². The van der Waals surface area contributed by atoms with Gasteiger partial charge in [0.15, 0.2) is 5.13 Å². The second kappa shape index (κ2) is 8.63. The fraction of sp³-hybridized carbons (Fsp3) is 0.450. The average Bonchev–Trinajstić information content (AvgIpc) is 2.92. The molecular weight excluding hydrogens is 360 g/mol. The molecule has 2 rings (SSSR count). The van der Waals surface area contributed by atoms with Crippen LogP contribution in [0.3, 0.4) is 0 Å². The lowest BCUT2D eigenvalue weighted by atomic mass is 10.1. The maximum atomic E-state index is 12.2. The van der Waals surface area contributed by atoms with Crippen molar-refractivity contribution in [1.29, 1.82) is 0 Å². The third-order valence-electron chi connectivity index (χ3n) is 3.67. The minimum absolute atomic E-state index is 0.0226. The van der Waals surface area contributed by atoms with Crippen molar-refractivity contribution in [2.75, 3.05) is 18.5 Å². The lowest BCUT2D eigenvalue weighted by Crippen LogP contribution is -2.45. The van der Waals surface area contributed by atoms with Gasteiger partial charge >= 0.3 is 0 Å². The summed E-state index contributed by atoms with van der Waals surface area (Å²) >= 11 is 1.42. The number of anilines is 2. The van der Waals surface area contributed by atoms with Crippen LogP contribution in [0.1, 0.15) is 39.0 Å². The number of aryl methyl sites for hydroxylation is 1. The lowest BCUT2D eigenvalue weighted by molar-refractivity contribution is -0.123. The lowest BCUT2D eigenvalue weighted by Gasteiger charge is -2.23.